The SMILES string of the molecule is Cc1csc(=O)n1CC(=O)N(CCO)C1CCCC1. The van der Waals surface area contributed by atoms with Crippen LogP contribution in [0.5, 0.6) is 0 Å². The van der Waals surface area contributed by atoms with E-state index >= 15 is 0 Å². The summed E-state index contributed by atoms with van der Waals surface area (Å²) < 4.78 is 1.51. The van der Waals surface area contributed by atoms with Crippen LogP contribution in [0.25, 0.3) is 0 Å². The number of aromatic nitrogens is 1. The first kappa shape index (κ1) is 14.3. The van der Waals surface area contributed by atoms with E-state index in [1.165, 1.54) is 4.57 Å². The normalized spacial score (nSPS) is 15.9. The second kappa shape index (κ2) is 6.34. The van der Waals surface area contributed by atoms with Crippen molar-refractivity contribution in [3.8, 4) is 0 Å². The molecule has 0 aliphatic heterocycles. The molecule has 5 nitrogen and oxygen atoms in total. The molecule has 106 valence electrons. The summed E-state index contributed by atoms with van der Waals surface area (Å²) in [5.41, 5.74) is 0.818. The summed E-state index contributed by atoms with van der Waals surface area (Å²) in [5, 5.41) is 10.9. The molecule has 1 fully saturated rings. The van der Waals surface area contributed by atoms with Crippen LogP contribution in [-0.4, -0.2) is 39.7 Å². The molecule has 1 aliphatic carbocycles. The molecule has 0 aromatic carbocycles. The van der Waals surface area contributed by atoms with Crippen LogP contribution in [0.1, 0.15) is 31.4 Å². The van der Waals surface area contributed by atoms with Gasteiger partial charge in [0, 0.05) is 23.7 Å². The summed E-state index contributed by atoms with van der Waals surface area (Å²) >= 11 is 1.12. The first-order chi connectivity index (χ1) is 9.13. The fourth-order valence-electron chi connectivity index (χ4n) is 2.66. The van der Waals surface area contributed by atoms with Crippen LogP contribution >= 0.6 is 11.3 Å². The summed E-state index contributed by atoms with van der Waals surface area (Å²) in [7, 11) is 0. The van der Waals surface area contributed by atoms with Crippen molar-refractivity contribution in [3.63, 3.8) is 0 Å². The molecular weight excluding hydrogens is 264 g/mol. The lowest BCUT2D eigenvalue weighted by Crippen LogP contribution is -2.43. The molecule has 1 amide bonds. The molecule has 0 bridgehead atoms. The van der Waals surface area contributed by atoms with Crippen LogP contribution in [-0.2, 0) is 11.3 Å². The van der Waals surface area contributed by atoms with E-state index in [9.17, 15) is 9.59 Å². The van der Waals surface area contributed by atoms with Crippen molar-refractivity contribution in [2.45, 2.75) is 45.2 Å². The van der Waals surface area contributed by atoms with Gasteiger partial charge in [-0.1, -0.05) is 24.2 Å². The van der Waals surface area contributed by atoms with Crippen molar-refractivity contribution in [1.29, 1.82) is 0 Å². The molecule has 1 N–H and O–H groups in total. The standard InChI is InChI=1S/C13H20N2O3S/c1-10-9-19-13(18)15(10)8-12(17)14(6-7-16)11-4-2-3-5-11/h9,11,16H,2-8H2,1H3. The molecular formula is C13H20N2O3S. The smallest absolute Gasteiger partial charge is 0.307 e. The lowest BCUT2D eigenvalue weighted by molar-refractivity contribution is -0.134. The minimum absolute atomic E-state index is 0.0280. The fourth-order valence-corrected chi connectivity index (χ4v) is 3.39. The number of hydrogen-bond acceptors (Lipinski definition) is 4. The molecule has 1 aromatic rings. The molecule has 0 saturated heterocycles. The number of aryl methyl sites for hydroxylation is 1. The second-order valence-electron chi connectivity index (χ2n) is 4.98. The molecule has 6 heteroatoms. The highest BCUT2D eigenvalue weighted by Crippen LogP contribution is 2.23. The van der Waals surface area contributed by atoms with Crippen molar-refractivity contribution in [3.05, 3.63) is 20.7 Å². The van der Waals surface area contributed by atoms with Crippen molar-refractivity contribution in [2.75, 3.05) is 13.2 Å². The Morgan fingerprint density at radius 1 is 1.53 bits per heavy atom. The van der Waals surface area contributed by atoms with Crippen LogP contribution in [0.3, 0.4) is 0 Å². The first-order valence-corrected chi connectivity index (χ1v) is 7.56. The number of aliphatic hydroxyl groups excluding tert-OH is 1. The average Bonchev–Trinajstić information content (AvgIpc) is 3.01. The summed E-state index contributed by atoms with van der Waals surface area (Å²) in [6.45, 7) is 2.25. The summed E-state index contributed by atoms with van der Waals surface area (Å²) in [6, 6.07) is 0.231. The second-order valence-corrected chi connectivity index (χ2v) is 5.80. The number of carbonyl (C=O) groups excluding carboxylic acids is 1. The zero-order chi connectivity index (χ0) is 13.8. The lowest BCUT2D eigenvalue weighted by Gasteiger charge is -2.28. The van der Waals surface area contributed by atoms with E-state index in [0.29, 0.717) is 6.54 Å². The van der Waals surface area contributed by atoms with E-state index in [1.807, 2.05) is 6.92 Å². The highest BCUT2D eigenvalue weighted by molar-refractivity contribution is 7.07. The molecule has 1 aromatic heterocycles. The van der Waals surface area contributed by atoms with Gasteiger partial charge in [-0.25, -0.2) is 0 Å². The Hall–Kier alpha value is -1.14. The third kappa shape index (κ3) is 3.25. The van der Waals surface area contributed by atoms with E-state index in [1.54, 1.807) is 10.3 Å². The number of rotatable bonds is 5. The molecule has 1 aliphatic rings. The topological polar surface area (TPSA) is 62.5 Å². The maximum absolute atomic E-state index is 12.4. The zero-order valence-corrected chi connectivity index (χ0v) is 12.0. The fraction of sp³-hybridized carbons (Fsp3) is 0.692. The van der Waals surface area contributed by atoms with Gasteiger partial charge >= 0.3 is 4.87 Å². The molecule has 0 spiro atoms. The van der Waals surface area contributed by atoms with Crippen LogP contribution in [0.4, 0.5) is 0 Å². The minimum atomic E-state index is -0.0961. The number of nitrogens with zero attached hydrogens (tertiary/aromatic N) is 2. The molecule has 19 heavy (non-hydrogen) atoms. The van der Waals surface area contributed by atoms with E-state index in [0.717, 1.165) is 42.7 Å². The maximum Gasteiger partial charge on any atom is 0.307 e. The Kier molecular flexibility index (Phi) is 4.76. The van der Waals surface area contributed by atoms with E-state index in [-0.39, 0.29) is 30.0 Å². The number of hydrogen-bond donors (Lipinski definition) is 1. The number of carbonyl (C=O) groups is 1. The largest absolute Gasteiger partial charge is 0.395 e. The Morgan fingerprint density at radius 3 is 2.74 bits per heavy atom. The molecule has 0 radical (unpaired) electrons. The van der Waals surface area contributed by atoms with Crippen LogP contribution in [0.2, 0.25) is 0 Å². The summed E-state index contributed by atoms with van der Waals surface area (Å²) in [6.07, 6.45) is 4.28. The third-order valence-electron chi connectivity index (χ3n) is 3.70. The van der Waals surface area contributed by atoms with Crippen molar-refractivity contribution < 1.29 is 9.90 Å². The molecule has 2 rings (SSSR count). The van der Waals surface area contributed by atoms with Gasteiger partial charge in [-0.15, -0.1) is 0 Å². The predicted molar refractivity (Wildman–Crippen MR) is 74.4 cm³/mol. The quantitative estimate of drug-likeness (QED) is 0.877. The van der Waals surface area contributed by atoms with Crippen molar-refractivity contribution in [2.24, 2.45) is 0 Å². The van der Waals surface area contributed by atoms with Gasteiger partial charge in [0.25, 0.3) is 0 Å². The van der Waals surface area contributed by atoms with Crippen LogP contribution in [0.15, 0.2) is 10.2 Å². The lowest BCUT2D eigenvalue weighted by atomic mass is 10.2. The Labute approximate surface area is 116 Å². The first-order valence-electron chi connectivity index (χ1n) is 6.68. The van der Waals surface area contributed by atoms with Crippen molar-refractivity contribution >= 4 is 17.2 Å². The van der Waals surface area contributed by atoms with E-state index in [2.05, 4.69) is 0 Å². The number of amides is 1. The average molecular weight is 284 g/mol. The van der Waals surface area contributed by atoms with Gasteiger partial charge < -0.3 is 10.0 Å². The third-order valence-corrected chi connectivity index (χ3v) is 4.58. The van der Waals surface area contributed by atoms with Crippen LogP contribution in [0, 0.1) is 6.92 Å². The van der Waals surface area contributed by atoms with Gasteiger partial charge in [0.1, 0.15) is 6.54 Å². The van der Waals surface area contributed by atoms with Gasteiger partial charge in [-0.2, -0.15) is 0 Å². The maximum atomic E-state index is 12.4. The van der Waals surface area contributed by atoms with Gasteiger partial charge in [-0.05, 0) is 19.8 Å². The molecule has 0 unspecified atom stereocenters. The molecule has 0 atom stereocenters. The number of aliphatic hydroxyl groups is 1. The Morgan fingerprint density at radius 2 is 2.21 bits per heavy atom. The molecule has 1 saturated carbocycles. The monoisotopic (exact) mass is 284 g/mol. The summed E-state index contributed by atoms with van der Waals surface area (Å²) in [5.74, 6) is -0.0652. The van der Waals surface area contributed by atoms with E-state index < -0.39 is 0 Å². The van der Waals surface area contributed by atoms with Crippen molar-refractivity contribution in [1.82, 2.24) is 9.47 Å². The molecule has 1 heterocycles. The minimum Gasteiger partial charge on any atom is -0.395 e. The van der Waals surface area contributed by atoms with Gasteiger partial charge in [0.2, 0.25) is 5.91 Å². The number of thiazole rings is 1. The highest BCUT2D eigenvalue weighted by atomic mass is 32.1. The van der Waals surface area contributed by atoms with Gasteiger partial charge in [0.05, 0.1) is 6.61 Å². The summed E-state index contributed by atoms with van der Waals surface area (Å²) in [4.78, 5) is 25.6. The zero-order valence-electron chi connectivity index (χ0n) is 11.2. The van der Waals surface area contributed by atoms with Gasteiger partial charge in [0.15, 0.2) is 0 Å². The Bertz CT molecular complexity index is 488. The highest BCUT2D eigenvalue weighted by Gasteiger charge is 2.26. The van der Waals surface area contributed by atoms with Crippen LogP contribution < -0.4 is 4.87 Å². The Balaban J connectivity index is 2.09. The predicted octanol–water partition coefficient (Wildman–Crippen LogP) is 0.982. The van der Waals surface area contributed by atoms with E-state index in [4.69, 9.17) is 5.11 Å². The van der Waals surface area contributed by atoms with Gasteiger partial charge in [-0.3, -0.25) is 14.2 Å².